The second-order valence-electron chi connectivity index (χ2n) is 8.49. The second-order valence-corrected chi connectivity index (χ2v) is 8.49. The molecule has 0 bridgehead atoms. The van der Waals surface area contributed by atoms with Gasteiger partial charge in [-0.25, -0.2) is 4.39 Å². The average molecular weight is 474 g/mol. The van der Waals surface area contributed by atoms with Crippen LogP contribution in [0.2, 0.25) is 0 Å². The Bertz CT molecular complexity index is 1340. The fourth-order valence-electron chi connectivity index (χ4n) is 4.11. The van der Waals surface area contributed by atoms with Crippen molar-refractivity contribution in [3.05, 3.63) is 89.5 Å². The van der Waals surface area contributed by atoms with Gasteiger partial charge < -0.3 is 19.2 Å². The number of aryl methyl sites for hydroxylation is 1. The molecule has 2 aromatic carbocycles. The number of furan rings is 1. The number of carbonyl (C=O) groups excluding carboxylic acids is 2. The van der Waals surface area contributed by atoms with E-state index in [0.717, 1.165) is 5.56 Å². The molecule has 1 saturated heterocycles. The van der Waals surface area contributed by atoms with E-state index in [1.165, 1.54) is 18.4 Å². The van der Waals surface area contributed by atoms with Crippen LogP contribution in [0, 0.1) is 12.7 Å². The van der Waals surface area contributed by atoms with Crippen LogP contribution >= 0.6 is 0 Å². The van der Waals surface area contributed by atoms with Gasteiger partial charge in [0.2, 0.25) is 11.7 Å². The largest absolute Gasteiger partial charge is 0.459 e. The third kappa shape index (κ3) is 4.84. The molecule has 8 nitrogen and oxygen atoms in total. The Labute approximate surface area is 200 Å². The predicted molar refractivity (Wildman–Crippen MR) is 125 cm³/mol. The third-order valence-electron chi connectivity index (χ3n) is 6.15. The normalized spacial score (nSPS) is 14.2. The van der Waals surface area contributed by atoms with E-state index in [2.05, 4.69) is 15.5 Å². The van der Waals surface area contributed by atoms with Gasteiger partial charge in [-0.1, -0.05) is 11.2 Å². The summed E-state index contributed by atoms with van der Waals surface area (Å²) in [6.45, 7) is 2.95. The lowest BCUT2D eigenvalue weighted by molar-refractivity contribution is 0.0704. The minimum Gasteiger partial charge on any atom is -0.459 e. The number of nitrogens with zero attached hydrogens (tertiary/aromatic N) is 3. The molecule has 0 aliphatic carbocycles. The Morgan fingerprint density at radius 1 is 1.09 bits per heavy atom. The Hall–Kier alpha value is -4.27. The molecule has 1 aliphatic rings. The fraction of sp³-hybridized carbons (Fsp3) is 0.231. The predicted octanol–water partition coefficient (Wildman–Crippen LogP) is 5.05. The standard InChI is InChI=1S/C26H23FN4O4/c1-16-4-5-19(15-21(16)28-24(32)22-3-2-14-34-22)26(33)31-12-10-18(11-13-31)25-29-23(30-35-25)17-6-8-20(27)9-7-17/h2-9,14-15,18H,10-13H2,1H3,(H,28,32). The first-order chi connectivity index (χ1) is 17.0. The summed E-state index contributed by atoms with van der Waals surface area (Å²) in [6.07, 6.45) is 2.80. The molecule has 2 aromatic heterocycles. The lowest BCUT2D eigenvalue weighted by atomic mass is 9.96. The number of carbonyl (C=O) groups is 2. The number of amides is 2. The molecule has 178 valence electrons. The SMILES string of the molecule is Cc1ccc(C(=O)N2CCC(c3nc(-c4ccc(F)cc4)no3)CC2)cc1NC(=O)c1ccco1. The molecule has 35 heavy (non-hydrogen) atoms. The lowest BCUT2D eigenvalue weighted by Crippen LogP contribution is -2.38. The minimum absolute atomic E-state index is 0.0434. The summed E-state index contributed by atoms with van der Waals surface area (Å²) >= 11 is 0. The maximum atomic E-state index is 13.2. The van der Waals surface area contributed by atoms with E-state index in [-0.39, 0.29) is 29.3 Å². The second kappa shape index (κ2) is 9.54. The van der Waals surface area contributed by atoms with Gasteiger partial charge in [-0.05, 0) is 73.9 Å². The molecule has 1 fully saturated rings. The smallest absolute Gasteiger partial charge is 0.291 e. The Kier molecular flexibility index (Phi) is 6.13. The first-order valence-corrected chi connectivity index (χ1v) is 11.3. The van der Waals surface area contributed by atoms with Gasteiger partial charge in [0, 0.05) is 35.8 Å². The quantitative estimate of drug-likeness (QED) is 0.434. The van der Waals surface area contributed by atoms with E-state index < -0.39 is 0 Å². The highest BCUT2D eigenvalue weighted by molar-refractivity contribution is 6.04. The molecule has 2 amide bonds. The van der Waals surface area contributed by atoms with Crippen molar-refractivity contribution in [3.63, 3.8) is 0 Å². The van der Waals surface area contributed by atoms with E-state index in [1.807, 2.05) is 13.0 Å². The van der Waals surface area contributed by atoms with Crippen molar-refractivity contribution >= 4 is 17.5 Å². The van der Waals surface area contributed by atoms with Crippen LogP contribution in [0.25, 0.3) is 11.4 Å². The average Bonchev–Trinajstić information content (AvgIpc) is 3.59. The molecule has 0 saturated carbocycles. The van der Waals surface area contributed by atoms with Crippen molar-refractivity contribution in [1.82, 2.24) is 15.0 Å². The molecule has 0 spiro atoms. The first kappa shape index (κ1) is 22.5. The van der Waals surface area contributed by atoms with Gasteiger partial charge in [-0.15, -0.1) is 0 Å². The number of nitrogens with one attached hydrogen (secondary N) is 1. The van der Waals surface area contributed by atoms with E-state index in [4.69, 9.17) is 8.94 Å². The van der Waals surface area contributed by atoms with Crippen molar-refractivity contribution in [2.24, 2.45) is 0 Å². The minimum atomic E-state index is -0.372. The van der Waals surface area contributed by atoms with Crippen molar-refractivity contribution in [1.29, 1.82) is 0 Å². The molecular formula is C26H23FN4O4. The van der Waals surface area contributed by atoms with Gasteiger partial charge in [0.05, 0.1) is 6.26 Å². The zero-order chi connectivity index (χ0) is 24.4. The summed E-state index contributed by atoms with van der Waals surface area (Å²) < 4.78 is 23.8. The van der Waals surface area contributed by atoms with Gasteiger partial charge in [-0.3, -0.25) is 9.59 Å². The van der Waals surface area contributed by atoms with Crippen LogP contribution in [0.15, 0.2) is 69.8 Å². The van der Waals surface area contributed by atoms with Crippen LogP contribution in [0.1, 0.15) is 51.1 Å². The molecule has 9 heteroatoms. The topological polar surface area (TPSA) is 101 Å². The van der Waals surface area contributed by atoms with Crippen molar-refractivity contribution < 1.29 is 22.9 Å². The van der Waals surface area contributed by atoms with Crippen molar-refractivity contribution in [2.45, 2.75) is 25.7 Å². The highest BCUT2D eigenvalue weighted by atomic mass is 19.1. The number of piperidine rings is 1. The summed E-state index contributed by atoms with van der Waals surface area (Å²) in [5.74, 6) is 0.387. The van der Waals surface area contributed by atoms with Gasteiger partial charge in [0.1, 0.15) is 5.82 Å². The molecule has 5 rings (SSSR count). The van der Waals surface area contributed by atoms with Crippen molar-refractivity contribution in [2.75, 3.05) is 18.4 Å². The number of anilines is 1. The number of halogens is 1. The summed E-state index contributed by atoms with van der Waals surface area (Å²) in [6, 6.07) is 14.4. The van der Waals surface area contributed by atoms with Crippen LogP contribution in [-0.2, 0) is 0 Å². The fourth-order valence-corrected chi connectivity index (χ4v) is 4.11. The van der Waals surface area contributed by atoms with Gasteiger partial charge in [-0.2, -0.15) is 4.98 Å². The number of aromatic nitrogens is 2. The zero-order valence-corrected chi connectivity index (χ0v) is 19.0. The first-order valence-electron chi connectivity index (χ1n) is 11.3. The number of benzene rings is 2. The summed E-state index contributed by atoms with van der Waals surface area (Å²) in [7, 11) is 0. The summed E-state index contributed by atoms with van der Waals surface area (Å²) in [5, 5.41) is 6.83. The lowest BCUT2D eigenvalue weighted by Gasteiger charge is -2.30. The number of hydrogen-bond acceptors (Lipinski definition) is 6. The summed E-state index contributed by atoms with van der Waals surface area (Å²) in [4.78, 5) is 31.8. The van der Waals surface area contributed by atoms with Crippen LogP contribution in [0.5, 0.6) is 0 Å². The Balaban J connectivity index is 1.22. The van der Waals surface area contributed by atoms with Gasteiger partial charge >= 0.3 is 0 Å². The van der Waals surface area contributed by atoms with Crippen LogP contribution in [-0.4, -0.2) is 39.9 Å². The van der Waals surface area contributed by atoms with Gasteiger partial charge in [0.25, 0.3) is 11.8 Å². The van der Waals surface area contributed by atoms with Gasteiger partial charge in [0.15, 0.2) is 5.76 Å². The number of likely N-dealkylation sites (tertiary alicyclic amines) is 1. The molecule has 3 heterocycles. The maximum Gasteiger partial charge on any atom is 0.291 e. The third-order valence-corrected chi connectivity index (χ3v) is 6.15. The van der Waals surface area contributed by atoms with Crippen molar-refractivity contribution in [3.8, 4) is 11.4 Å². The Morgan fingerprint density at radius 2 is 1.86 bits per heavy atom. The molecule has 0 unspecified atom stereocenters. The summed E-state index contributed by atoms with van der Waals surface area (Å²) in [5.41, 5.74) is 2.59. The number of hydrogen-bond donors (Lipinski definition) is 1. The monoisotopic (exact) mass is 474 g/mol. The maximum absolute atomic E-state index is 13.2. The number of rotatable bonds is 5. The highest BCUT2D eigenvalue weighted by Crippen LogP contribution is 2.30. The van der Waals surface area contributed by atoms with Crippen LogP contribution in [0.3, 0.4) is 0 Å². The molecule has 0 atom stereocenters. The molecule has 1 N–H and O–H groups in total. The molecule has 0 radical (unpaired) electrons. The molecular weight excluding hydrogens is 451 g/mol. The van der Waals surface area contributed by atoms with E-state index in [1.54, 1.807) is 41.3 Å². The van der Waals surface area contributed by atoms with E-state index in [0.29, 0.717) is 54.5 Å². The van der Waals surface area contributed by atoms with Crippen LogP contribution in [0.4, 0.5) is 10.1 Å². The molecule has 4 aromatic rings. The Morgan fingerprint density at radius 3 is 2.57 bits per heavy atom. The van der Waals surface area contributed by atoms with E-state index >= 15 is 0 Å². The zero-order valence-electron chi connectivity index (χ0n) is 19.0. The van der Waals surface area contributed by atoms with E-state index in [9.17, 15) is 14.0 Å². The molecule has 1 aliphatic heterocycles. The highest BCUT2D eigenvalue weighted by Gasteiger charge is 2.28. The van der Waals surface area contributed by atoms with Crippen LogP contribution < -0.4 is 5.32 Å².